The number of benzene rings is 1. The smallest absolute Gasteiger partial charge is 0.257 e. The summed E-state index contributed by atoms with van der Waals surface area (Å²) in [7, 11) is 0. The Kier molecular flexibility index (Phi) is 3.38. The van der Waals surface area contributed by atoms with E-state index in [0.29, 0.717) is 15.7 Å². The van der Waals surface area contributed by atoms with Crippen molar-refractivity contribution in [3.8, 4) is 0 Å². The summed E-state index contributed by atoms with van der Waals surface area (Å²) in [6, 6.07) is 7.06. The molecule has 1 N–H and O–H groups in total. The summed E-state index contributed by atoms with van der Waals surface area (Å²) in [5.41, 5.74) is 2.30. The van der Waals surface area contributed by atoms with Crippen molar-refractivity contribution in [2.75, 3.05) is 5.32 Å². The molecule has 1 amide bonds. The molecule has 0 aliphatic rings. The molecule has 0 spiro atoms. The van der Waals surface area contributed by atoms with Crippen LogP contribution < -0.4 is 5.32 Å². The van der Waals surface area contributed by atoms with Gasteiger partial charge in [0.05, 0.1) is 10.2 Å². The minimum Gasteiger partial charge on any atom is -0.298 e. The summed E-state index contributed by atoms with van der Waals surface area (Å²) in [4.78, 5) is 20.4. The van der Waals surface area contributed by atoms with Gasteiger partial charge in [0, 0.05) is 23.0 Å². The molecule has 2 heterocycles. The van der Waals surface area contributed by atoms with Crippen LogP contribution >= 0.6 is 22.9 Å². The number of thiazole rings is 1. The quantitative estimate of drug-likeness (QED) is 0.781. The van der Waals surface area contributed by atoms with E-state index in [1.807, 2.05) is 19.1 Å². The predicted molar refractivity (Wildman–Crippen MR) is 81.6 cm³/mol. The van der Waals surface area contributed by atoms with Crippen molar-refractivity contribution in [1.82, 2.24) is 9.97 Å². The van der Waals surface area contributed by atoms with Crippen LogP contribution in [-0.4, -0.2) is 15.9 Å². The summed E-state index contributed by atoms with van der Waals surface area (Å²) < 4.78 is 0.997. The standard InChI is InChI=1S/C14H10ClN3OS/c1-8-10(15)2-3-11-12(8)17-14(20-11)18-13(19)9-4-6-16-7-5-9/h2-7H,1H3,(H,17,18,19). The van der Waals surface area contributed by atoms with Crippen molar-refractivity contribution in [3.63, 3.8) is 0 Å². The molecule has 4 nitrogen and oxygen atoms in total. The molecule has 0 radical (unpaired) electrons. The molecule has 0 unspecified atom stereocenters. The molecule has 0 bridgehead atoms. The summed E-state index contributed by atoms with van der Waals surface area (Å²) in [6.45, 7) is 1.92. The lowest BCUT2D eigenvalue weighted by molar-refractivity contribution is 0.102. The third-order valence-electron chi connectivity index (χ3n) is 2.91. The Morgan fingerprint density at radius 1 is 1.25 bits per heavy atom. The lowest BCUT2D eigenvalue weighted by Crippen LogP contribution is -2.11. The van der Waals surface area contributed by atoms with Crippen molar-refractivity contribution >= 4 is 44.2 Å². The first-order valence-corrected chi connectivity index (χ1v) is 7.11. The lowest BCUT2D eigenvalue weighted by Gasteiger charge is -2.00. The van der Waals surface area contributed by atoms with Gasteiger partial charge < -0.3 is 0 Å². The van der Waals surface area contributed by atoms with E-state index in [4.69, 9.17) is 11.6 Å². The van der Waals surface area contributed by atoms with Crippen LogP contribution in [0.2, 0.25) is 5.02 Å². The van der Waals surface area contributed by atoms with Gasteiger partial charge in [0.25, 0.3) is 5.91 Å². The van der Waals surface area contributed by atoms with E-state index in [-0.39, 0.29) is 5.91 Å². The Morgan fingerprint density at radius 2 is 2.00 bits per heavy atom. The molecule has 0 atom stereocenters. The number of hydrogen-bond donors (Lipinski definition) is 1. The van der Waals surface area contributed by atoms with Crippen molar-refractivity contribution in [2.45, 2.75) is 6.92 Å². The molecule has 1 aromatic carbocycles. The molecule has 0 fully saturated rings. The molecule has 0 aliphatic heterocycles. The van der Waals surface area contributed by atoms with Gasteiger partial charge in [-0.25, -0.2) is 4.98 Å². The molecular weight excluding hydrogens is 294 g/mol. The second-order valence-corrected chi connectivity index (χ2v) is 5.67. The van der Waals surface area contributed by atoms with Crippen molar-refractivity contribution in [1.29, 1.82) is 0 Å². The molecule has 6 heteroatoms. The number of carbonyl (C=O) groups is 1. The third kappa shape index (κ3) is 2.37. The Balaban J connectivity index is 1.92. The number of rotatable bonds is 2. The number of aryl methyl sites for hydroxylation is 1. The van der Waals surface area contributed by atoms with Crippen molar-refractivity contribution in [2.24, 2.45) is 0 Å². The van der Waals surface area contributed by atoms with E-state index in [1.54, 1.807) is 24.5 Å². The van der Waals surface area contributed by atoms with Crippen LogP contribution in [-0.2, 0) is 0 Å². The van der Waals surface area contributed by atoms with Gasteiger partial charge in [0.1, 0.15) is 0 Å². The van der Waals surface area contributed by atoms with Gasteiger partial charge in [0.2, 0.25) is 0 Å². The maximum atomic E-state index is 12.0. The summed E-state index contributed by atoms with van der Waals surface area (Å²) in [5, 5.41) is 4.03. The maximum Gasteiger partial charge on any atom is 0.257 e. The molecule has 0 saturated heterocycles. The zero-order valence-electron chi connectivity index (χ0n) is 10.6. The molecule has 2 aromatic heterocycles. The van der Waals surface area contributed by atoms with Gasteiger partial charge in [-0.2, -0.15) is 0 Å². The first-order chi connectivity index (χ1) is 9.65. The second-order valence-electron chi connectivity index (χ2n) is 4.23. The highest BCUT2D eigenvalue weighted by molar-refractivity contribution is 7.22. The van der Waals surface area contributed by atoms with Gasteiger partial charge in [-0.3, -0.25) is 15.1 Å². The minimum atomic E-state index is -0.199. The fourth-order valence-corrected chi connectivity index (χ4v) is 2.90. The first kappa shape index (κ1) is 13.0. The number of halogens is 1. The van der Waals surface area contributed by atoms with E-state index < -0.39 is 0 Å². The highest BCUT2D eigenvalue weighted by atomic mass is 35.5. The van der Waals surface area contributed by atoms with Gasteiger partial charge in [0.15, 0.2) is 5.13 Å². The van der Waals surface area contributed by atoms with Crippen LogP contribution in [0.25, 0.3) is 10.2 Å². The lowest BCUT2D eigenvalue weighted by atomic mass is 10.2. The molecule has 100 valence electrons. The van der Waals surface area contributed by atoms with Crippen molar-refractivity contribution < 1.29 is 4.79 Å². The number of carbonyl (C=O) groups excluding carboxylic acids is 1. The van der Waals surface area contributed by atoms with Crippen LogP contribution in [0.3, 0.4) is 0 Å². The van der Waals surface area contributed by atoms with E-state index in [0.717, 1.165) is 15.8 Å². The molecule has 3 rings (SSSR count). The summed E-state index contributed by atoms with van der Waals surface area (Å²) in [6.07, 6.45) is 3.16. The van der Waals surface area contributed by atoms with Gasteiger partial charge in [-0.1, -0.05) is 22.9 Å². The maximum absolute atomic E-state index is 12.0. The highest BCUT2D eigenvalue weighted by Crippen LogP contribution is 2.31. The number of aromatic nitrogens is 2. The number of pyridine rings is 1. The average molecular weight is 304 g/mol. The molecule has 0 aliphatic carbocycles. The zero-order valence-corrected chi connectivity index (χ0v) is 12.1. The molecule has 0 saturated carbocycles. The average Bonchev–Trinajstić information content (AvgIpc) is 2.87. The van der Waals surface area contributed by atoms with Crippen LogP contribution in [0.1, 0.15) is 15.9 Å². The Labute approximate surface area is 124 Å². The zero-order chi connectivity index (χ0) is 14.1. The number of nitrogens with one attached hydrogen (secondary N) is 1. The van der Waals surface area contributed by atoms with E-state index in [9.17, 15) is 4.79 Å². The SMILES string of the molecule is Cc1c(Cl)ccc2sc(NC(=O)c3ccncc3)nc12. The third-order valence-corrected chi connectivity index (χ3v) is 4.26. The van der Waals surface area contributed by atoms with Crippen molar-refractivity contribution in [3.05, 3.63) is 52.8 Å². The Bertz CT molecular complexity index is 786. The number of anilines is 1. The normalized spacial score (nSPS) is 10.7. The van der Waals surface area contributed by atoms with E-state index in [1.165, 1.54) is 11.3 Å². The monoisotopic (exact) mass is 303 g/mol. The topological polar surface area (TPSA) is 54.9 Å². The summed E-state index contributed by atoms with van der Waals surface area (Å²) in [5.74, 6) is -0.199. The van der Waals surface area contributed by atoms with Crippen LogP contribution in [0.15, 0.2) is 36.7 Å². The van der Waals surface area contributed by atoms with E-state index in [2.05, 4.69) is 15.3 Å². The Hall–Kier alpha value is -1.98. The number of nitrogens with zero attached hydrogens (tertiary/aromatic N) is 2. The first-order valence-electron chi connectivity index (χ1n) is 5.92. The highest BCUT2D eigenvalue weighted by Gasteiger charge is 2.11. The van der Waals surface area contributed by atoms with Crippen LogP contribution in [0, 0.1) is 6.92 Å². The van der Waals surface area contributed by atoms with Gasteiger partial charge in [-0.05, 0) is 36.8 Å². The minimum absolute atomic E-state index is 0.199. The summed E-state index contributed by atoms with van der Waals surface area (Å²) >= 11 is 7.49. The van der Waals surface area contributed by atoms with E-state index >= 15 is 0 Å². The molecular formula is C14H10ClN3OS. The van der Waals surface area contributed by atoms with Gasteiger partial charge in [-0.15, -0.1) is 0 Å². The molecule has 3 aromatic rings. The van der Waals surface area contributed by atoms with Crippen LogP contribution in [0.5, 0.6) is 0 Å². The fourth-order valence-electron chi connectivity index (χ4n) is 1.83. The Morgan fingerprint density at radius 3 is 2.75 bits per heavy atom. The fraction of sp³-hybridized carbons (Fsp3) is 0.0714. The second kappa shape index (κ2) is 5.19. The molecule has 20 heavy (non-hydrogen) atoms. The number of amides is 1. The van der Waals surface area contributed by atoms with Gasteiger partial charge >= 0.3 is 0 Å². The largest absolute Gasteiger partial charge is 0.298 e. The number of hydrogen-bond acceptors (Lipinski definition) is 4. The van der Waals surface area contributed by atoms with Crippen LogP contribution in [0.4, 0.5) is 5.13 Å². The number of fused-ring (bicyclic) bond motifs is 1. The predicted octanol–water partition coefficient (Wildman–Crippen LogP) is 3.91.